The average Bonchev–Trinajstić information content (AvgIpc) is 1.36. The first-order valence-electron chi connectivity index (χ1n) is 37.2. The first-order chi connectivity index (χ1) is 49.2. The Hall–Kier alpha value is -10.1. The van der Waals surface area contributed by atoms with Gasteiger partial charge in [0.05, 0.1) is 11.0 Å². The molecule has 0 spiro atoms. The van der Waals surface area contributed by atoms with Crippen LogP contribution in [0.15, 0.2) is 267 Å². The second-order valence-electron chi connectivity index (χ2n) is 33.2. The van der Waals surface area contributed by atoms with Crippen LogP contribution in [0.4, 0.5) is 5.69 Å². The summed E-state index contributed by atoms with van der Waals surface area (Å²) in [6.07, 6.45) is 0.860. The van der Waals surface area contributed by atoms with Crippen molar-refractivity contribution in [2.24, 2.45) is 0 Å². The standard InChI is InChI=1S/C33H27B5N2P.2C28H22BN/c1-33(2)23-13-6-7-14-25(23)35-26-15-8-9-16-27(26)40-28-17-10-18-29(30(28)22-19-20-24(33)31(35)32(22)40)41(36-34-37(41)38(36)41)39-21-11-4-3-5-12-21;1-17-12-15-24-19(16-17)18-13-14-21-26-27(18)30(24)25-11-7-6-10-23(25)29(26)22-9-5-4-8-20(22)28(21,2)3;1-17-12-13-18-19-14-15-21-26-27(19)30(25(18)16-17)24-11-7-6-10-23(24)29(26)22-9-5-4-8-20(22)28(21,2)3/h3-20,39H,34H2,1-2H3;2*4-16H,1-3H3/q-1;;. The van der Waals surface area contributed by atoms with Gasteiger partial charge in [0.1, 0.15) is 0 Å². The minimum absolute atomic E-state index is 0.0138. The topological polar surface area (TPSA) is 26.8 Å². The molecule has 0 saturated carbocycles. The Balaban J connectivity index is 0.0000000955. The molecule has 3 aromatic heterocycles. The summed E-state index contributed by atoms with van der Waals surface area (Å²) in [6, 6.07) is 101. The Kier molecular flexibility index (Phi) is 10.9. The van der Waals surface area contributed by atoms with Gasteiger partial charge in [-0.1, -0.05) is 172 Å². The van der Waals surface area contributed by atoms with Crippen molar-refractivity contribution in [3.63, 3.8) is 0 Å². The third kappa shape index (κ3) is 6.75. The molecule has 0 radical (unpaired) electrons. The van der Waals surface area contributed by atoms with Crippen molar-refractivity contribution in [3.8, 4) is 17.1 Å². The zero-order valence-corrected chi connectivity index (χ0v) is 59.6. The number of fused-ring (bicyclic) bond motifs is 24. The van der Waals surface area contributed by atoms with Crippen LogP contribution >= 0.6 is 6.39 Å². The Bertz CT molecular complexity index is 6420. The van der Waals surface area contributed by atoms with Gasteiger partial charge in [0.25, 0.3) is 0 Å². The van der Waals surface area contributed by atoms with E-state index in [1.54, 1.807) is 10.7 Å². The smallest absolute Gasteiger partial charge is 0.247 e. The normalized spacial score (nSPS) is 17.6. The van der Waals surface area contributed by atoms with Crippen LogP contribution < -0.4 is 59.6 Å². The van der Waals surface area contributed by atoms with Gasteiger partial charge in [-0.25, -0.2) is 0 Å². The van der Waals surface area contributed by atoms with E-state index in [1.807, 2.05) is 0 Å². The van der Waals surface area contributed by atoms with Gasteiger partial charge < -0.3 is 9.13 Å². The van der Waals surface area contributed by atoms with Gasteiger partial charge in [-0.15, -0.1) is 0 Å². The molecule has 0 aliphatic carbocycles. The fraction of sp³-hybridized carbons (Fsp3) is 0.124. The van der Waals surface area contributed by atoms with E-state index in [0.29, 0.717) is 13.4 Å². The van der Waals surface area contributed by atoms with E-state index in [9.17, 15) is 0 Å². The molecule has 474 valence electrons. The van der Waals surface area contributed by atoms with Crippen molar-refractivity contribution in [1.82, 2.24) is 13.7 Å². The van der Waals surface area contributed by atoms with Crippen molar-refractivity contribution in [3.05, 3.63) is 311 Å². The fourth-order valence-corrected chi connectivity index (χ4v) is 34.0. The predicted octanol–water partition coefficient (Wildman–Crippen LogP) is 12.9. The van der Waals surface area contributed by atoms with E-state index in [4.69, 9.17) is 0 Å². The summed E-state index contributed by atoms with van der Waals surface area (Å²) in [5.41, 5.74) is 38.2. The monoisotopic (exact) mass is 1300 g/mol. The van der Waals surface area contributed by atoms with Crippen LogP contribution in [-0.2, 0) is 16.2 Å². The van der Waals surface area contributed by atoms with Gasteiger partial charge in [0.2, 0.25) is 13.4 Å². The average molecular weight is 1300 g/mol. The zero-order valence-electron chi connectivity index (χ0n) is 58.7. The van der Waals surface area contributed by atoms with Crippen LogP contribution in [0.25, 0.3) is 82.5 Å². The third-order valence-corrected chi connectivity index (χ3v) is 36.4. The Morgan fingerprint density at radius 3 is 1.22 bits per heavy atom. The van der Waals surface area contributed by atoms with Crippen molar-refractivity contribution in [1.29, 1.82) is 0 Å². The number of rotatable bonds is 3. The van der Waals surface area contributed by atoms with Crippen LogP contribution in [0, 0.1) is 13.8 Å². The van der Waals surface area contributed by atoms with Crippen LogP contribution in [0.2, 0.25) is 0 Å². The first kappa shape index (κ1) is 57.7. The third-order valence-electron chi connectivity index (χ3n) is 28.0. The number of benzene rings is 13. The van der Waals surface area contributed by atoms with E-state index < -0.39 is 6.39 Å². The van der Waals surface area contributed by atoms with Crippen molar-refractivity contribution in [2.45, 2.75) is 71.6 Å². The summed E-state index contributed by atoms with van der Waals surface area (Å²) in [5.74, 6) is 0. The van der Waals surface area contributed by atoms with Crippen molar-refractivity contribution < 1.29 is 0 Å². The molecule has 13 aromatic carbocycles. The molecule has 16 aromatic rings. The van der Waals surface area contributed by atoms with E-state index >= 15 is 0 Å². The van der Waals surface area contributed by atoms with E-state index in [2.05, 4.69) is 341 Å². The summed E-state index contributed by atoms with van der Waals surface area (Å²) in [6.45, 7) is 19.6. The van der Waals surface area contributed by atoms with Gasteiger partial charge in [-0.05, 0) is 93.8 Å². The molecule has 101 heavy (non-hydrogen) atoms. The summed E-state index contributed by atoms with van der Waals surface area (Å²) in [4.78, 5) is 0. The molecule has 10 aliphatic rings. The first-order valence-corrected chi connectivity index (χ1v) is 39.7. The van der Waals surface area contributed by atoms with Gasteiger partial charge in [0, 0.05) is 54.8 Å². The molecule has 1 N–H and O–H groups in total. The molecule has 0 amide bonds. The largest absolute Gasteiger partial charge is 0.310 e. The second-order valence-corrected chi connectivity index (χ2v) is 38.8. The molecule has 13 heterocycles. The summed E-state index contributed by atoms with van der Waals surface area (Å²) in [5, 5.41) is 14.5. The molecule has 0 atom stereocenters. The fourth-order valence-electron chi connectivity index (χ4n) is 23.6. The molecule has 0 unspecified atom stereocenters. The second kappa shape index (κ2) is 19.1. The minimum Gasteiger partial charge on any atom is -0.310 e. The van der Waals surface area contributed by atoms with Crippen LogP contribution in [0.1, 0.15) is 86.1 Å². The number of aromatic nitrogens is 3. The summed E-state index contributed by atoms with van der Waals surface area (Å²) >= 11 is 0. The number of nitrogens with one attached hydrogen (secondary N) is 1. The van der Waals surface area contributed by atoms with Crippen molar-refractivity contribution in [2.75, 3.05) is 5.09 Å². The maximum atomic E-state index is 4.35. The van der Waals surface area contributed by atoms with E-state index in [1.165, 1.54) is 176 Å². The predicted molar refractivity (Wildman–Crippen MR) is 444 cm³/mol. The molecular formula is C89H71B7N4P-. The maximum Gasteiger partial charge on any atom is 0.247 e. The molecule has 4 saturated heterocycles. The number of nitrogens with zero attached hydrogens (tertiary/aromatic N) is 3. The quantitative estimate of drug-likeness (QED) is 0.139. The molecule has 2 bridgehead atoms. The molecule has 4 nitrogen and oxygen atoms in total. The van der Waals surface area contributed by atoms with Gasteiger partial charge >= 0.3 is 243 Å². The van der Waals surface area contributed by atoms with Crippen LogP contribution in [0.3, 0.4) is 0 Å². The molecule has 4 fully saturated rings. The molecule has 10 aliphatic heterocycles. The summed E-state index contributed by atoms with van der Waals surface area (Å²) < 4.78 is 7.72. The molecule has 12 heteroatoms. The minimum atomic E-state index is -2.10. The number of hydrogen-bond acceptors (Lipinski definition) is 1. The number of aryl methyl sites for hydroxylation is 2. The van der Waals surface area contributed by atoms with Gasteiger partial charge in [-0.3, -0.25) is 0 Å². The summed E-state index contributed by atoms with van der Waals surface area (Å²) in [7, 11) is 0.198. The Labute approximate surface area is 592 Å². The number of anilines is 1. The zero-order chi connectivity index (χ0) is 67.3. The number of hydrogen-bond donors (Lipinski definition) is 1. The van der Waals surface area contributed by atoms with Gasteiger partial charge in [-0.2, -0.15) is 0 Å². The molecular weight excluding hydrogens is 1230 g/mol. The van der Waals surface area contributed by atoms with E-state index in [0.717, 1.165) is 18.6 Å². The van der Waals surface area contributed by atoms with E-state index in [-0.39, 0.29) is 30.0 Å². The van der Waals surface area contributed by atoms with Crippen LogP contribution in [0.5, 0.6) is 0 Å². The number of para-hydroxylation sites is 4. The van der Waals surface area contributed by atoms with Gasteiger partial charge in [0.15, 0.2) is 0 Å². The maximum absolute atomic E-state index is 4.35. The SMILES string of the molecule is CC1(C)c2ccccc2B2c3ccccc3-n3c4cccc(P56(Nc7ccccc7)B7[BH2-]B5B76)c4c4ccc1c2c43.Cc1ccc2c(c1)c1ccc3c4c1n2-c1ccccc1B4c1ccccc1C3(C)C.Cc1ccc2c3ccc4c5c3n(c2c1)-c1ccccc1B5c1ccccc1C4(C)C. The van der Waals surface area contributed by atoms with Crippen LogP contribution in [-0.4, -0.2) is 59.5 Å². The Morgan fingerprint density at radius 2 is 0.723 bits per heavy atom. The molecule has 26 rings (SSSR count). The Morgan fingerprint density at radius 1 is 0.327 bits per heavy atom. The van der Waals surface area contributed by atoms with Crippen molar-refractivity contribution >= 4 is 178 Å².